The molecule has 0 spiro atoms. The van der Waals surface area contributed by atoms with Gasteiger partial charge < -0.3 is 10.5 Å². The average Bonchev–Trinajstić information content (AvgIpc) is 2.34. The van der Waals surface area contributed by atoms with Gasteiger partial charge in [0.2, 0.25) is 0 Å². The van der Waals surface area contributed by atoms with Gasteiger partial charge in [-0.25, -0.2) is 0 Å². The van der Waals surface area contributed by atoms with Crippen LogP contribution in [0.2, 0.25) is 0 Å². The molecule has 2 nitrogen and oxygen atoms in total. The minimum Gasteiger partial charge on any atom is -0.496 e. The third-order valence-electron chi connectivity index (χ3n) is 3.06. The second-order valence-electron chi connectivity index (χ2n) is 4.92. The predicted octanol–water partition coefficient (Wildman–Crippen LogP) is 4.16. The summed E-state index contributed by atoms with van der Waals surface area (Å²) in [5.74, 6) is 0.832. The van der Waals surface area contributed by atoms with Gasteiger partial charge in [0.25, 0.3) is 0 Å². The van der Waals surface area contributed by atoms with E-state index in [0.29, 0.717) is 17.2 Å². The SMILES string of the molecule is COc1ccc(C(C)C)cc1[C@H](N)CCC(F)(F)F. The van der Waals surface area contributed by atoms with Gasteiger partial charge in [0, 0.05) is 18.0 Å². The summed E-state index contributed by atoms with van der Waals surface area (Å²) in [4.78, 5) is 0. The van der Waals surface area contributed by atoms with Crippen LogP contribution in [0.3, 0.4) is 0 Å². The maximum Gasteiger partial charge on any atom is 0.389 e. The molecule has 0 aliphatic carbocycles. The molecule has 0 heterocycles. The third-order valence-corrected chi connectivity index (χ3v) is 3.06. The summed E-state index contributed by atoms with van der Waals surface area (Å²) in [6.45, 7) is 4.04. The number of benzene rings is 1. The summed E-state index contributed by atoms with van der Waals surface area (Å²) in [6.07, 6.45) is -5.20. The summed E-state index contributed by atoms with van der Waals surface area (Å²) in [5.41, 5.74) is 7.54. The predicted molar refractivity (Wildman–Crippen MR) is 69.3 cm³/mol. The van der Waals surface area contributed by atoms with Crippen molar-refractivity contribution in [2.24, 2.45) is 5.73 Å². The molecule has 0 fully saturated rings. The van der Waals surface area contributed by atoms with E-state index in [-0.39, 0.29) is 6.42 Å². The maximum absolute atomic E-state index is 12.2. The first kappa shape index (κ1) is 15.8. The number of alkyl halides is 3. The zero-order valence-electron chi connectivity index (χ0n) is 11.4. The van der Waals surface area contributed by atoms with Crippen LogP contribution in [-0.2, 0) is 0 Å². The fourth-order valence-electron chi connectivity index (χ4n) is 1.88. The number of rotatable bonds is 5. The molecule has 0 saturated carbocycles. The van der Waals surface area contributed by atoms with Crippen LogP contribution in [0.5, 0.6) is 5.75 Å². The van der Waals surface area contributed by atoms with Crippen LogP contribution in [0, 0.1) is 0 Å². The third kappa shape index (κ3) is 4.74. The van der Waals surface area contributed by atoms with Crippen LogP contribution < -0.4 is 10.5 Å². The van der Waals surface area contributed by atoms with Crippen molar-refractivity contribution in [3.05, 3.63) is 29.3 Å². The van der Waals surface area contributed by atoms with E-state index in [0.717, 1.165) is 5.56 Å². The van der Waals surface area contributed by atoms with Crippen molar-refractivity contribution < 1.29 is 17.9 Å². The fraction of sp³-hybridized carbons (Fsp3) is 0.571. The molecule has 0 bridgehead atoms. The first-order valence-corrected chi connectivity index (χ1v) is 6.24. The molecule has 5 heteroatoms. The summed E-state index contributed by atoms with van der Waals surface area (Å²) < 4.78 is 41.9. The molecule has 0 amide bonds. The van der Waals surface area contributed by atoms with Crippen LogP contribution in [0.25, 0.3) is 0 Å². The smallest absolute Gasteiger partial charge is 0.389 e. The number of ether oxygens (including phenoxy) is 1. The van der Waals surface area contributed by atoms with Gasteiger partial charge >= 0.3 is 6.18 Å². The molecule has 0 unspecified atom stereocenters. The van der Waals surface area contributed by atoms with E-state index in [1.807, 2.05) is 26.0 Å². The molecule has 0 saturated heterocycles. The van der Waals surface area contributed by atoms with Gasteiger partial charge in [0.15, 0.2) is 0 Å². The lowest BCUT2D eigenvalue weighted by molar-refractivity contribution is -0.136. The number of halogens is 3. The molecule has 0 aliphatic rings. The Morgan fingerprint density at radius 2 is 1.89 bits per heavy atom. The topological polar surface area (TPSA) is 35.2 Å². The quantitative estimate of drug-likeness (QED) is 0.875. The first-order chi connectivity index (χ1) is 8.74. The lowest BCUT2D eigenvalue weighted by atomic mass is 9.95. The van der Waals surface area contributed by atoms with Crippen LogP contribution in [0.4, 0.5) is 13.2 Å². The molecule has 108 valence electrons. The minimum absolute atomic E-state index is 0.137. The van der Waals surface area contributed by atoms with Crippen LogP contribution >= 0.6 is 0 Å². The van der Waals surface area contributed by atoms with E-state index in [9.17, 15) is 13.2 Å². The fourth-order valence-corrected chi connectivity index (χ4v) is 1.88. The molecule has 19 heavy (non-hydrogen) atoms. The van der Waals surface area contributed by atoms with Gasteiger partial charge in [-0.15, -0.1) is 0 Å². The van der Waals surface area contributed by atoms with Gasteiger partial charge in [-0.05, 0) is 24.0 Å². The largest absolute Gasteiger partial charge is 0.496 e. The highest BCUT2D eigenvalue weighted by Gasteiger charge is 2.28. The van der Waals surface area contributed by atoms with Crippen molar-refractivity contribution in [2.45, 2.75) is 44.8 Å². The van der Waals surface area contributed by atoms with E-state index in [1.54, 1.807) is 6.07 Å². The van der Waals surface area contributed by atoms with Gasteiger partial charge in [0.1, 0.15) is 5.75 Å². The number of hydrogen-bond acceptors (Lipinski definition) is 2. The molecule has 1 aromatic carbocycles. The van der Waals surface area contributed by atoms with Crippen molar-refractivity contribution in [3.63, 3.8) is 0 Å². The normalized spacial score (nSPS) is 13.7. The zero-order chi connectivity index (χ0) is 14.6. The van der Waals surface area contributed by atoms with Crippen LogP contribution in [0.1, 0.15) is 49.8 Å². The highest BCUT2D eigenvalue weighted by Crippen LogP contribution is 2.32. The first-order valence-electron chi connectivity index (χ1n) is 6.24. The maximum atomic E-state index is 12.2. The molecule has 0 aromatic heterocycles. The van der Waals surface area contributed by atoms with Crippen LogP contribution in [-0.4, -0.2) is 13.3 Å². The summed E-state index contributed by atoms with van der Waals surface area (Å²) in [7, 11) is 1.49. The van der Waals surface area contributed by atoms with Crippen molar-refractivity contribution >= 4 is 0 Å². The van der Waals surface area contributed by atoms with Gasteiger partial charge in [0.05, 0.1) is 7.11 Å². The second-order valence-corrected chi connectivity index (χ2v) is 4.92. The van der Waals surface area contributed by atoms with Crippen LogP contribution in [0.15, 0.2) is 18.2 Å². The monoisotopic (exact) mass is 275 g/mol. The van der Waals surface area contributed by atoms with E-state index in [1.165, 1.54) is 7.11 Å². The minimum atomic E-state index is -4.18. The summed E-state index contributed by atoms with van der Waals surface area (Å²) in [6, 6.07) is 4.84. The summed E-state index contributed by atoms with van der Waals surface area (Å²) in [5, 5.41) is 0. The summed E-state index contributed by atoms with van der Waals surface area (Å²) >= 11 is 0. The van der Waals surface area contributed by atoms with E-state index in [2.05, 4.69) is 0 Å². The van der Waals surface area contributed by atoms with Crippen molar-refractivity contribution in [1.82, 2.24) is 0 Å². The molecular weight excluding hydrogens is 255 g/mol. The Labute approximate surface area is 111 Å². The number of hydrogen-bond donors (Lipinski definition) is 1. The average molecular weight is 275 g/mol. The van der Waals surface area contributed by atoms with Crippen molar-refractivity contribution in [2.75, 3.05) is 7.11 Å². The van der Waals surface area contributed by atoms with E-state index in [4.69, 9.17) is 10.5 Å². The molecule has 0 aliphatic heterocycles. The second kappa shape index (κ2) is 6.28. The Morgan fingerprint density at radius 3 is 2.37 bits per heavy atom. The Kier molecular flexibility index (Phi) is 5.23. The Hall–Kier alpha value is -1.23. The molecule has 1 aromatic rings. The van der Waals surface area contributed by atoms with Gasteiger partial charge in [-0.3, -0.25) is 0 Å². The molecule has 1 atom stereocenters. The lowest BCUT2D eigenvalue weighted by Gasteiger charge is -2.18. The Morgan fingerprint density at radius 1 is 1.26 bits per heavy atom. The Bertz CT molecular complexity index is 416. The van der Waals surface area contributed by atoms with Crippen molar-refractivity contribution in [3.8, 4) is 5.75 Å². The number of nitrogens with two attached hydrogens (primary N) is 1. The Balaban J connectivity index is 2.92. The van der Waals surface area contributed by atoms with Gasteiger partial charge in [-0.2, -0.15) is 13.2 Å². The van der Waals surface area contributed by atoms with E-state index >= 15 is 0 Å². The zero-order valence-corrected chi connectivity index (χ0v) is 11.4. The molecule has 2 N–H and O–H groups in total. The molecular formula is C14H20F3NO. The number of methoxy groups -OCH3 is 1. The highest BCUT2D eigenvalue weighted by molar-refractivity contribution is 5.40. The molecule has 1 rings (SSSR count). The molecule has 0 radical (unpaired) electrons. The van der Waals surface area contributed by atoms with Gasteiger partial charge in [-0.1, -0.05) is 26.0 Å². The lowest BCUT2D eigenvalue weighted by Crippen LogP contribution is -2.16. The van der Waals surface area contributed by atoms with E-state index < -0.39 is 18.6 Å². The highest BCUT2D eigenvalue weighted by atomic mass is 19.4. The van der Waals surface area contributed by atoms with Crippen molar-refractivity contribution in [1.29, 1.82) is 0 Å². The standard InChI is InChI=1S/C14H20F3NO/c1-9(2)10-4-5-13(19-3)11(8-10)12(18)6-7-14(15,16)17/h4-5,8-9,12H,6-7,18H2,1-3H3/t12-/m1/s1.